The summed E-state index contributed by atoms with van der Waals surface area (Å²) in [4.78, 5) is 22.3. The molecule has 0 aromatic carbocycles. The minimum absolute atomic E-state index is 0.00139. The van der Waals surface area contributed by atoms with Gasteiger partial charge in [0.15, 0.2) is 0 Å². The number of rotatable bonds is 5. The largest absolute Gasteiger partial charge is 0.481 e. The molecule has 1 N–H and O–H groups in total. The van der Waals surface area contributed by atoms with E-state index in [2.05, 4.69) is 0 Å². The lowest BCUT2D eigenvalue weighted by atomic mass is 10.4. The van der Waals surface area contributed by atoms with Crippen LogP contribution in [-0.4, -0.2) is 40.5 Å². The topological polar surface area (TPSA) is 57.6 Å². The molecule has 13 heavy (non-hydrogen) atoms. The Hall–Kier alpha value is -1.15. The highest BCUT2D eigenvalue weighted by Gasteiger charge is 2.14. The summed E-state index contributed by atoms with van der Waals surface area (Å²) in [5, 5.41) is 8.43. The van der Waals surface area contributed by atoms with Crippen molar-refractivity contribution in [3.8, 4) is 0 Å². The maximum atomic E-state index is 10.6. The molecule has 1 aliphatic heterocycles. The van der Waals surface area contributed by atoms with Gasteiger partial charge in [0, 0.05) is 6.54 Å². The minimum atomic E-state index is -0.880. The average Bonchev–Trinajstić information content (AvgIpc) is 2.58. The van der Waals surface area contributed by atoms with Crippen molar-refractivity contribution in [1.29, 1.82) is 0 Å². The van der Waals surface area contributed by atoms with E-state index in [1.807, 2.05) is 17.9 Å². The van der Waals surface area contributed by atoms with Gasteiger partial charge in [-0.1, -0.05) is 20.4 Å². The third-order valence-corrected chi connectivity index (χ3v) is 2.79. The van der Waals surface area contributed by atoms with Gasteiger partial charge in [0.05, 0.1) is 12.2 Å². The molecule has 0 aromatic heterocycles. The number of nitrogens with zero attached hydrogens (tertiary/aromatic N) is 1. The van der Waals surface area contributed by atoms with Gasteiger partial charge < -0.3 is 10.0 Å². The van der Waals surface area contributed by atoms with E-state index in [1.165, 1.54) is 4.90 Å². The molecule has 0 aromatic rings. The Labute approximate surface area is 77.6 Å². The first-order chi connectivity index (χ1) is 6.24. The molecule has 1 rings (SSSR count). The van der Waals surface area contributed by atoms with Crippen LogP contribution in [0.3, 0.4) is 0 Å². The first-order valence-corrected chi connectivity index (χ1v) is 4.90. The van der Waals surface area contributed by atoms with E-state index in [0.717, 1.165) is 8.20 Å². The molecule has 0 bridgehead atoms. The normalized spacial score (nSPS) is 20.2. The maximum Gasteiger partial charge on any atom is 0.305 e. The molecule has 5 heteroatoms. The number of carbonyl (C=O) groups is 2. The molecule has 1 heterocycles. The number of allylic oxidation sites excluding steroid dienone is 1. The van der Waals surface area contributed by atoms with Gasteiger partial charge in [0.1, 0.15) is 0 Å². The average molecular weight is 199 g/mol. The van der Waals surface area contributed by atoms with Crippen LogP contribution in [0.15, 0.2) is 12.2 Å². The third-order valence-electron chi connectivity index (χ3n) is 1.67. The SMILES string of the molecule is O=CN(CCC(=O)O)C1C=CC=P1. The maximum absolute atomic E-state index is 10.6. The van der Waals surface area contributed by atoms with Crippen molar-refractivity contribution in [3.63, 3.8) is 0 Å². The van der Waals surface area contributed by atoms with Gasteiger partial charge in [-0.2, -0.15) is 0 Å². The zero-order valence-electron chi connectivity index (χ0n) is 6.96. The van der Waals surface area contributed by atoms with E-state index in [9.17, 15) is 9.59 Å². The fraction of sp³-hybridized carbons (Fsp3) is 0.375. The van der Waals surface area contributed by atoms with Crippen LogP contribution >= 0.6 is 8.20 Å². The molecule has 1 unspecified atom stereocenters. The number of hydrogen-bond acceptors (Lipinski definition) is 2. The lowest BCUT2D eigenvalue weighted by Gasteiger charge is -2.20. The Kier molecular flexibility index (Phi) is 3.65. The summed E-state index contributed by atoms with van der Waals surface area (Å²) in [5.41, 5.74) is 0. The van der Waals surface area contributed by atoms with Crippen LogP contribution in [0, 0.1) is 0 Å². The fourth-order valence-corrected chi connectivity index (χ4v) is 1.92. The zero-order chi connectivity index (χ0) is 9.68. The van der Waals surface area contributed by atoms with Gasteiger partial charge in [0.2, 0.25) is 6.41 Å². The van der Waals surface area contributed by atoms with Crippen LogP contribution in [0.4, 0.5) is 0 Å². The molecule has 0 fully saturated rings. The third kappa shape index (κ3) is 2.99. The van der Waals surface area contributed by atoms with Crippen molar-refractivity contribution in [2.75, 3.05) is 6.54 Å². The van der Waals surface area contributed by atoms with E-state index in [0.29, 0.717) is 6.41 Å². The quantitative estimate of drug-likeness (QED) is 0.520. The molecule has 1 amide bonds. The Morgan fingerprint density at radius 1 is 1.69 bits per heavy atom. The summed E-state index contributed by atoms with van der Waals surface area (Å²) in [6.45, 7) is 0.273. The van der Waals surface area contributed by atoms with E-state index in [4.69, 9.17) is 5.11 Å². The first-order valence-electron chi connectivity index (χ1n) is 3.87. The molecule has 0 spiro atoms. The molecule has 4 nitrogen and oxygen atoms in total. The minimum Gasteiger partial charge on any atom is -0.481 e. The van der Waals surface area contributed by atoms with Crippen molar-refractivity contribution in [1.82, 2.24) is 4.90 Å². The molecule has 0 radical (unpaired) electrons. The second-order valence-corrected chi connectivity index (χ2v) is 3.71. The van der Waals surface area contributed by atoms with Crippen LogP contribution < -0.4 is 0 Å². The number of amides is 1. The van der Waals surface area contributed by atoms with Crippen LogP contribution in [0.1, 0.15) is 6.42 Å². The molecular formula is C8H10NO3P. The number of carbonyl (C=O) groups excluding carboxylic acids is 1. The van der Waals surface area contributed by atoms with Gasteiger partial charge >= 0.3 is 5.97 Å². The van der Waals surface area contributed by atoms with E-state index in [-0.39, 0.29) is 18.7 Å². The Morgan fingerprint density at radius 3 is 2.92 bits per heavy atom. The van der Waals surface area contributed by atoms with E-state index >= 15 is 0 Å². The van der Waals surface area contributed by atoms with Crippen LogP contribution in [0.5, 0.6) is 0 Å². The first kappa shape index (κ1) is 9.93. The van der Waals surface area contributed by atoms with Crippen LogP contribution in [-0.2, 0) is 9.59 Å². The molecule has 0 saturated heterocycles. The Morgan fingerprint density at radius 2 is 2.46 bits per heavy atom. The number of carboxylic acids is 1. The standard InChI is InChI=1S/C8H10NO3P/c10-6-9(4-3-8(11)12)7-2-1-5-13-7/h1-2,5-7H,3-4H2,(H,11,12). The van der Waals surface area contributed by atoms with E-state index in [1.54, 1.807) is 0 Å². The highest BCUT2D eigenvalue weighted by molar-refractivity contribution is 7.40. The second-order valence-electron chi connectivity index (χ2n) is 2.58. The highest BCUT2D eigenvalue weighted by Crippen LogP contribution is 2.18. The van der Waals surface area contributed by atoms with Crippen molar-refractivity contribution in [3.05, 3.63) is 12.2 Å². The predicted octanol–water partition coefficient (Wildman–Crippen LogP) is 0.564. The summed E-state index contributed by atoms with van der Waals surface area (Å²) in [7, 11) is 1.02. The van der Waals surface area contributed by atoms with E-state index < -0.39 is 5.97 Å². The second kappa shape index (κ2) is 4.77. The van der Waals surface area contributed by atoms with Gasteiger partial charge in [0.25, 0.3) is 0 Å². The smallest absolute Gasteiger partial charge is 0.305 e. The molecule has 1 atom stereocenters. The molecule has 0 aliphatic carbocycles. The summed E-state index contributed by atoms with van der Waals surface area (Å²) < 4.78 is 0. The predicted molar refractivity (Wildman–Crippen MR) is 50.9 cm³/mol. The van der Waals surface area contributed by atoms with Crippen molar-refractivity contribution in [2.45, 2.75) is 12.2 Å². The Bertz CT molecular complexity index is 250. The Balaban J connectivity index is 2.43. The van der Waals surface area contributed by atoms with Crippen molar-refractivity contribution < 1.29 is 14.7 Å². The van der Waals surface area contributed by atoms with Crippen LogP contribution in [0.25, 0.3) is 0 Å². The van der Waals surface area contributed by atoms with Gasteiger partial charge in [-0.25, -0.2) is 0 Å². The highest BCUT2D eigenvalue weighted by atomic mass is 31.1. The summed E-state index contributed by atoms with van der Waals surface area (Å²) in [6, 6.07) is 0. The molecular weight excluding hydrogens is 189 g/mol. The van der Waals surface area contributed by atoms with Crippen molar-refractivity contribution in [2.24, 2.45) is 0 Å². The lowest BCUT2D eigenvalue weighted by molar-refractivity contribution is -0.137. The van der Waals surface area contributed by atoms with Crippen molar-refractivity contribution >= 4 is 26.4 Å². The summed E-state index contributed by atoms with van der Waals surface area (Å²) in [5.74, 6) is 1.08. The molecule has 0 saturated carbocycles. The summed E-state index contributed by atoms with van der Waals surface area (Å²) in [6.07, 6.45) is 4.46. The molecule has 70 valence electrons. The number of aliphatic carboxylic acids is 1. The monoisotopic (exact) mass is 199 g/mol. The van der Waals surface area contributed by atoms with Gasteiger partial charge in [-0.15, -0.1) is 0 Å². The fourth-order valence-electron chi connectivity index (χ4n) is 1.00. The molecule has 1 aliphatic rings. The lowest BCUT2D eigenvalue weighted by Crippen LogP contribution is -2.30. The van der Waals surface area contributed by atoms with Gasteiger partial charge in [-0.3, -0.25) is 9.59 Å². The summed E-state index contributed by atoms with van der Waals surface area (Å²) >= 11 is 0. The van der Waals surface area contributed by atoms with Gasteiger partial charge in [-0.05, 0) is 5.80 Å². The number of hydrogen-bond donors (Lipinski definition) is 1. The zero-order valence-corrected chi connectivity index (χ0v) is 7.85. The number of carboxylic acid groups (broad SMARTS) is 1. The van der Waals surface area contributed by atoms with Crippen LogP contribution in [0.2, 0.25) is 0 Å².